The fourth-order valence-electron chi connectivity index (χ4n) is 5.71. The highest BCUT2D eigenvalue weighted by Crippen LogP contribution is 2.39. The van der Waals surface area contributed by atoms with Crippen LogP contribution in [0.1, 0.15) is 40.0 Å². The molecule has 1 amide bonds. The molecule has 0 N–H and O–H groups in total. The third kappa shape index (κ3) is 4.49. The lowest BCUT2D eigenvalue weighted by Crippen LogP contribution is -2.68. The van der Waals surface area contributed by atoms with Gasteiger partial charge in [-0.05, 0) is 40.2 Å². The molecule has 0 spiro atoms. The number of piperidine rings is 1. The van der Waals surface area contributed by atoms with Crippen molar-refractivity contribution in [3.05, 3.63) is 72.8 Å². The second-order valence-corrected chi connectivity index (χ2v) is 14.6. The second kappa shape index (κ2) is 9.88. The van der Waals surface area contributed by atoms with Crippen LogP contribution in [0.3, 0.4) is 0 Å². The number of rotatable bonds is 5. The molecule has 1 heterocycles. The molecule has 5 nitrogen and oxygen atoms in total. The second-order valence-electron chi connectivity index (χ2n) is 10.3. The number of ether oxygens (including phenoxy) is 1. The molecule has 1 aliphatic carbocycles. The summed E-state index contributed by atoms with van der Waals surface area (Å²) in [6.07, 6.45) is 5.32. The van der Waals surface area contributed by atoms with Gasteiger partial charge < -0.3 is 9.16 Å². The van der Waals surface area contributed by atoms with Gasteiger partial charge >= 0.3 is 6.09 Å². The van der Waals surface area contributed by atoms with Crippen LogP contribution in [-0.2, 0) is 14.0 Å². The Bertz CT molecular complexity index is 992. The molecule has 6 heteroatoms. The summed E-state index contributed by atoms with van der Waals surface area (Å²) in [6.45, 7) is 7.15. The number of nitrogens with zero attached hydrogens (tertiary/aromatic N) is 1. The fraction of sp³-hybridized carbons (Fsp3) is 0.429. The summed E-state index contributed by atoms with van der Waals surface area (Å²) in [5, 5.41) is 2.28. The zero-order valence-electron chi connectivity index (χ0n) is 20.6. The van der Waals surface area contributed by atoms with E-state index in [0.717, 1.165) is 12.8 Å². The van der Waals surface area contributed by atoms with Gasteiger partial charge in [-0.25, -0.2) is 4.79 Å². The highest BCUT2D eigenvalue weighted by Gasteiger charge is 2.51. The van der Waals surface area contributed by atoms with E-state index in [1.807, 2.05) is 18.2 Å². The molecule has 1 saturated heterocycles. The van der Waals surface area contributed by atoms with Gasteiger partial charge in [-0.1, -0.05) is 87.5 Å². The Hall–Kier alpha value is -2.70. The minimum Gasteiger partial charge on any atom is -0.453 e. The van der Waals surface area contributed by atoms with Gasteiger partial charge in [0.2, 0.25) is 0 Å². The molecule has 0 aromatic heterocycles. The number of likely N-dealkylation sites (tertiary alicyclic amines) is 1. The number of amides is 1. The molecule has 0 unspecified atom stereocenters. The zero-order chi connectivity index (χ0) is 24.3. The molecule has 0 bridgehead atoms. The summed E-state index contributed by atoms with van der Waals surface area (Å²) in [7, 11) is -1.32. The van der Waals surface area contributed by atoms with Crippen molar-refractivity contribution in [1.82, 2.24) is 4.90 Å². The predicted octanol–water partition coefficient (Wildman–Crippen LogP) is 4.31. The number of carbonyl (C=O) groups is 2. The summed E-state index contributed by atoms with van der Waals surface area (Å²) in [5.74, 6) is 0.240. The van der Waals surface area contributed by atoms with Crippen molar-refractivity contribution in [1.29, 1.82) is 0 Å². The maximum absolute atomic E-state index is 12.9. The van der Waals surface area contributed by atoms with Gasteiger partial charge in [0, 0.05) is 12.5 Å². The summed E-state index contributed by atoms with van der Waals surface area (Å²) >= 11 is 0. The topological polar surface area (TPSA) is 55.8 Å². The molecular formula is C28H35NO4Si. The molecule has 2 aromatic carbocycles. The summed E-state index contributed by atoms with van der Waals surface area (Å²) in [4.78, 5) is 26.9. The van der Waals surface area contributed by atoms with Crippen LogP contribution >= 0.6 is 0 Å². The van der Waals surface area contributed by atoms with Crippen molar-refractivity contribution < 1.29 is 18.8 Å². The lowest BCUT2D eigenvalue weighted by atomic mass is 9.80. The number of fused-ring (bicyclic) bond motifs is 1. The number of carbonyl (C=O) groups excluding carboxylic acids is 2. The fourth-order valence-corrected chi connectivity index (χ4v) is 10.3. The van der Waals surface area contributed by atoms with Crippen LogP contribution in [0.2, 0.25) is 5.04 Å². The lowest BCUT2D eigenvalue weighted by Gasteiger charge is -2.48. The van der Waals surface area contributed by atoms with E-state index in [2.05, 4.69) is 69.3 Å². The van der Waals surface area contributed by atoms with E-state index in [9.17, 15) is 9.59 Å². The standard InChI is InChI=1S/C28H35NO4Si/c1-28(2,3)34(24-11-7-5-8-12-24,25-13-9-6-10-14-25)33-20-22-17-15-21-16-18-23(30)19-26(21)29(22)27(31)32-4/h5-14,16,18,21-22,26H,15,17,19-20H2,1-4H3/t21-,22+,26+/m1/s1. The molecule has 0 saturated carbocycles. The number of methoxy groups -OCH3 is 1. The Balaban J connectivity index is 1.72. The molecule has 1 fully saturated rings. The largest absolute Gasteiger partial charge is 0.453 e. The van der Waals surface area contributed by atoms with Crippen LogP contribution in [0.5, 0.6) is 0 Å². The van der Waals surface area contributed by atoms with Crippen LogP contribution < -0.4 is 10.4 Å². The molecule has 2 aliphatic rings. The summed E-state index contributed by atoms with van der Waals surface area (Å²) in [5.41, 5.74) is 0. The first kappa shape index (κ1) is 24.4. The number of ketones is 1. The van der Waals surface area contributed by atoms with E-state index in [0.29, 0.717) is 13.0 Å². The zero-order valence-corrected chi connectivity index (χ0v) is 21.6. The molecule has 4 rings (SSSR count). The van der Waals surface area contributed by atoms with Gasteiger partial charge in [-0.15, -0.1) is 0 Å². The Morgan fingerprint density at radius 3 is 2.12 bits per heavy atom. The van der Waals surface area contributed by atoms with E-state index in [4.69, 9.17) is 9.16 Å². The molecule has 0 radical (unpaired) electrons. The van der Waals surface area contributed by atoms with Gasteiger partial charge in [-0.3, -0.25) is 9.69 Å². The van der Waals surface area contributed by atoms with Crippen molar-refractivity contribution in [2.45, 2.75) is 57.2 Å². The SMILES string of the molecule is COC(=O)N1[C@H](CO[Si](c2ccccc2)(c2ccccc2)C(C)(C)C)CC[C@@H]2C=CC(=O)C[C@@H]21. The van der Waals surface area contributed by atoms with Gasteiger partial charge in [0.05, 0.1) is 19.8 Å². The number of hydrogen-bond donors (Lipinski definition) is 0. The predicted molar refractivity (Wildman–Crippen MR) is 137 cm³/mol. The van der Waals surface area contributed by atoms with Gasteiger partial charge in [-0.2, -0.15) is 0 Å². The number of allylic oxidation sites excluding steroid dienone is 1. The first-order chi connectivity index (χ1) is 16.3. The van der Waals surface area contributed by atoms with E-state index in [1.165, 1.54) is 17.5 Å². The third-order valence-corrected chi connectivity index (χ3v) is 12.3. The van der Waals surface area contributed by atoms with Crippen molar-refractivity contribution in [2.75, 3.05) is 13.7 Å². The quantitative estimate of drug-likeness (QED) is 0.603. The van der Waals surface area contributed by atoms with Crippen molar-refractivity contribution in [3.63, 3.8) is 0 Å². The minimum atomic E-state index is -2.72. The van der Waals surface area contributed by atoms with Crippen LogP contribution in [0.25, 0.3) is 0 Å². The average Bonchev–Trinajstić information content (AvgIpc) is 2.84. The Labute approximate surface area is 203 Å². The third-order valence-electron chi connectivity index (χ3n) is 7.31. The summed E-state index contributed by atoms with van der Waals surface area (Å²) < 4.78 is 12.3. The van der Waals surface area contributed by atoms with Crippen molar-refractivity contribution >= 4 is 30.6 Å². The van der Waals surface area contributed by atoms with Gasteiger partial charge in [0.1, 0.15) is 0 Å². The van der Waals surface area contributed by atoms with E-state index in [1.54, 1.807) is 11.0 Å². The highest BCUT2D eigenvalue weighted by molar-refractivity contribution is 6.99. The van der Waals surface area contributed by atoms with Gasteiger partial charge in [0.25, 0.3) is 8.32 Å². The minimum absolute atomic E-state index is 0.0590. The molecule has 1 aliphatic heterocycles. The van der Waals surface area contributed by atoms with Crippen molar-refractivity contribution in [2.24, 2.45) is 5.92 Å². The summed E-state index contributed by atoms with van der Waals surface area (Å²) in [6, 6.07) is 20.7. The van der Waals surface area contributed by atoms with Crippen molar-refractivity contribution in [3.8, 4) is 0 Å². The van der Waals surface area contributed by atoms with Crippen LogP contribution in [-0.4, -0.2) is 50.9 Å². The maximum atomic E-state index is 12.9. The highest BCUT2D eigenvalue weighted by atomic mass is 28.4. The van der Waals surface area contributed by atoms with Crippen LogP contribution in [0.15, 0.2) is 72.8 Å². The Kier molecular flexibility index (Phi) is 7.10. The molecule has 34 heavy (non-hydrogen) atoms. The van der Waals surface area contributed by atoms with Crippen LogP contribution in [0.4, 0.5) is 4.79 Å². The van der Waals surface area contributed by atoms with Crippen LogP contribution in [0, 0.1) is 5.92 Å². The van der Waals surface area contributed by atoms with E-state index < -0.39 is 8.32 Å². The van der Waals surface area contributed by atoms with E-state index in [-0.39, 0.29) is 34.9 Å². The average molecular weight is 478 g/mol. The maximum Gasteiger partial charge on any atom is 0.410 e. The Morgan fingerprint density at radius 1 is 1.00 bits per heavy atom. The van der Waals surface area contributed by atoms with Gasteiger partial charge in [0.15, 0.2) is 5.78 Å². The monoisotopic (exact) mass is 477 g/mol. The lowest BCUT2D eigenvalue weighted by molar-refractivity contribution is -0.117. The molecule has 3 atom stereocenters. The number of benzene rings is 2. The number of hydrogen-bond acceptors (Lipinski definition) is 4. The Morgan fingerprint density at radius 2 is 1.59 bits per heavy atom. The molecule has 180 valence electrons. The first-order valence-electron chi connectivity index (χ1n) is 12.1. The molecule has 2 aromatic rings. The smallest absolute Gasteiger partial charge is 0.410 e. The normalized spacial score (nSPS) is 22.9. The first-order valence-corrected chi connectivity index (χ1v) is 14.0. The van der Waals surface area contributed by atoms with E-state index >= 15 is 0 Å². The molecular weight excluding hydrogens is 442 g/mol.